The van der Waals surface area contributed by atoms with Crippen LogP contribution >= 0.6 is 7.82 Å². The molecule has 0 unspecified atom stereocenters. The summed E-state index contributed by atoms with van der Waals surface area (Å²) in [5.74, 6) is 0. The third-order valence-corrected chi connectivity index (χ3v) is 0.748. The lowest BCUT2D eigenvalue weighted by molar-refractivity contribution is -0.498. The van der Waals surface area contributed by atoms with Gasteiger partial charge in [0.1, 0.15) is 0 Å². The summed E-state index contributed by atoms with van der Waals surface area (Å²) in [4.78, 5) is 7.90. The molecular formula is C2H5O5P. The van der Waals surface area contributed by atoms with E-state index in [2.05, 4.69) is 27.5 Å². The fourth-order valence-electron chi connectivity index (χ4n) is 0.0825. The van der Waals surface area contributed by atoms with Gasteiger partial charge in [-0.1, -0.05) is 9.35 Å². The van der Waals surface area contributed by atoms with Gasteiger partial charge in [0.05, 0.1) is 0 Å². The second kappa shape index (κ2) is 2.96. The van der Waals surface area contributed by atoms with Crippen molar-refractivity contribution >= 4 is 7.82 Å². The number of hydrogen-bond donors (Lipinski definition) is 1. The minimum Gasteiger partial charge on any atom is -0.299 e. The molecule has 0 amide bonds. The second-order valence-corrected chi connectivity index (χ2v) is 1.92. The Kier molecular flexibility index (Phi) is 2.89. The standard InChI is InChI=1S/C2H4.HO5P/c1-2;1-6(2)4-3-5-6/h1-2H2;(H,1,2). The number of phosphoric acid groups is 1. The van der Waals surface area contributed by atoms with Crippen LogP contribution in [0.15, 0.2) is 13.2 Å². The van der Waals surface area contributed by atoms with E-state index in [1.54, 1.807) is 0 Å². The average molecular weight is 140 g/mol. The molecule has 5 nitrogen and oxygen atoms in total. The van der Waals surface area contributed by atoms with Crippen LogP contribution in [0.5, 0.6) is 0 Å². The van der Waals surface area contributed by atoms with Crippen molar-refractivity contribution in [2.24, 2.45) is 0 Å². The Bertz CT molecular complexity index is 103. The summed E-state index contributed by atoms with van der Waals surface area (Å²) in [5, 5.41) is 3.42. The van der Waals surface area contributed by atoms with Crippen molar-refractivity contribution in [2.45, 2.75) is 0 Å². The van der Waals surface area contributed by atoms with Gasteiger partial charge in [-0.3, -0.25) is 4.89 Å². The van der Waals surface area contributed by atoms with Crippen LogP contribution in [0.4, 0.5) is 0 Å². The molecule has 6 heteroatoms. The van der Waals surface area contributed by atoms with Crippen molar-refractivity contribution in [3.63, 3.8) is 0 Å². The summed E-state index contributed by atoms with van der Waals surface area (Å²) in [7, 11) is -3.69. The predicted molar refractivity (Wildman–Crippen MR) is 24.3 cm³/mol. The van der Waals surface area contributed by atoms with E-state index in [0.717, 1.165) is 0 Å². The van der Waals surface area contributed by atoms with Crippen molar-refractivity contribution in [2.75, 3.05) is 0 Å². The van der Waals surface area contributed by atoms with Gasteiger partial charge in [-0.25, -0.2) is 4.57 Å². The molecule has 0 aliphatic carbocycles. The van der Waals surface area contributed by atoms with Crippen LogP contribution in [-0.4, -0.2) is 4.89 Å². The molecule has 1 rings (SSSR count). The molecule has 0 aromatic carbocycles. The van der Waals surface area contributed by atoms with Gasteiger partial charge in [0.25, 0.3) is 0 Å². The van der Waals surface area contributed by atoms with Crippen LogP contribution in [0.1, 0.15) is 0 Å². The molecule has 0 aromatic heterocycles. The summed E-state index contributed by atoms with van der Waals surface area (Å²) in [6.45, 7) is 6.00. The first-order valence-corrected chi connectivity index (χ1v) is 3.08. The molecular weight excluding hydrogens is 135 g/mol. The molecule has 1 fully saturated rings. The highest BCUT2D eigenvalue weighted by Crippen LogP contribution is 2.52. The van der Waals surface area contributed by atoms with E-state index < -0.39 is 7.82 Å². The zero-order valence-corrected chi connectivity index (χ0v) is 4.84. The van der Waals surface area contributed by atoms with Crippen LogP contribution in [0.25, 0.3) is 0 Å². The fraction of sp³-hybridized carbons (Fsp3) is 0. The van der Waals surface area contributed by atoms with Gasteiger partial charge < -0.3 is 0 Å². The zero-order chi connectivity index (χ0) is 6.62. The largest absolute Gasteiger partial charge is 0.531 e. The maximum Gasteiger partial charge on any atom is 0.531 e. The molecule has 1 saturated heterocycles. The summed E-state index contributed by atoms with van der Waals surface area (Å²) in [6, 6.07) is 0. The Balaban J connectivity index is 0.000000222. The predicted octanol–water partition coefficient (Wildman–Crippen LogP) is 0.782. The van der Waals surface area contributed by atoms with E-state index in [9.17, 15) is 4.57 Å². The number of hydrogen-bond acceptors (Lipinski definition) is 4. The fourth-order valence-corrected chi connectivity index (χ4v) is 0.247. The lowest BCUT2D eigenvalue weighted by Gasteiger charge is -2.13. The summed E-state index contributed by atoms with van der Waals surface area (Å²) < 4.78 is 16.7. The van der Waals surface area contributed by atoms with Crippen LogP contribution in [0.3, 0.4) is 0 Å². The van der Waals surface area contributed by atoms with Crippen molar-refractivity contribution < 1.29 is 23.8 Å². The first-order chi connectivity index (χ1) is 3.71. The first kappa shape index (κ1) is 7.81. The van der Waals surface area contributed by atoms with Crippen molar-refractivity contribution in [3.8, 4) is 0 Å². The maximum absolute atomic E-state index is 9.66. The van der Waals surface area contributed by atoms with Gasteiger partial charge in [-0.15, -0.1) is 13.2 Å². The lowest BCUT2D eigenvalue weighted by Crippen LogP contribution is -2.04. The molecule has 0 spiro atoms. The van der Waals surface area contributed by atoms with Gasteiger partial charge >= 0.3 is 7.82 Å². The van der Waals surface area contributed by atoms with Crippen LogP contribution in [0.2, 0.25) is 0 Å². The van der Waals surface area contributed by atoms with Crippen LogP contribution in [0, 0.1) is 0 Å². The molecule has 48 valence electrons. The SMILES string of the molecule is C=C.O=P1(O)OOO1. The van der Waals surface area contributed by atoms with Crippen molar-refractivity contribution in [1.82, 2.24) is 0 Å². The third-order valence-electron chi connectivity index (χ3n) is 0.249. The van der Waals surface area contributed by atoms with Crippen LogP contribution < -0.4 is 0 Å². The van der Waals surface area contributed by atoms with E-state index in [4.69, 9.17) is 4.89 Å². The highest BCUT2D eigenvalue weighted by Gasteiger charge is 2.35. The topological polar surface area (TPSA) is 65.0 Å². The minimum atomic E-state index is -3.69. The van der Waals surface area contributed by atoms with E-state index in [1.807, 2.05) is 0 Å². The van der Waals surface area contributed by atoms with Crippen LogP contribution in [-0.2, 0) is 19.0 Å². The van der Waals surface area contributed by atoms with Crippen molar-refractivity contribution in [1.29, 1.82) is 0 Å². The molecule has 1 aliphatic rings. The van der Waals surface area contributed by atoms with Gasteiger partial charge in [0.2, 0.25) is 0 Å². The van der Waals surface area contributed by atoms with E-state index in [-0.39, 0.29) is 0 Å². The Morgan fingerprint density at radius 1 is 1.38 bits per heavy atom. The second-order valence-electron chi connectivity index (χ2n) is 0.686. The normalized spacial score (nSPS) is 22.1. The summed E-state index contributed by atoms with van der Waals surface area (Å²) in [6.07, 6.45) is 0. The monoisotopic (exact) mass is 140 g/mol. The van der Waals surface area contributed by atoms with Gasteiger partial charge in [-0.05, 0) is 5.04 Å². The molecule has 1 heterocycles. The first-order valence-electron chi connectivity index (χ1n) is 1.58. The minimum absolute atomic E-state index is 3.00. The molecule has 1 aliphatic heterocycles. The highest BCUT2D eigenvalue weighted by molar-refractivity contribution is 7.47. The molecule has 1 N–H and O–H groups in total. The molecule has 0 bridgehead atoms. The Morgan fingerprint density at radius 3 is 1.62 bits per heavy atom. The molecule has 0 atom stereocenters. The van der Waals surface area contributed by atoms with E-state index in [0.29, 0.717) is 0 Å². The smallest absolute Gasteiger partial charge is 0.299 e. The summed E-state index contributed by atoms with van der Waals surface area (Å²) in [5.41, 5.74) is 0. The summed E-state index contributed by atoms with van der Waals surface area (Å²) >= 11 is 0. The quantitative estimate of drug-likeness (QED) is 0.306. The Labute approximate surface area is 46.0 Å². The van der Waals surface area contributed by atoms with E-state index >= 15 is 0 Å². The molecule has 0 aromatic rings. The van der Waals surface area contributed by atoms with Gasteiger partial charge in [-0.2, -0.15) is 0 Å². The highest BCUT2D eigenvalue weighted by atomic mass is 31.2. The van der Waals surface area contributed by atoms with E-state index in [1.165, 1.54) is 0 Å². The van der Waals surface area contributed by atoms with Gasteiger partial charge in [0.15, 0.2) is 0 Å². The van der Waals surface area contributed by atoms with Gasteiger partial charge in [0, 0.05) is 0 Å². The molecule has 8 heavy (non-hydrogen) atoms. The molecule has 0 radical (unpaired) electrons. The van der Waals surface area contributed by atoms with Crippen molar-refractivity contribution in [3.05, 3.63) is 13.2 Å². The number of rotatable bonds is 0. The Morgan fingerprint density at radius 2 is 1.62 bits per heavy atom. The average Bonchev–Trinajstić information content (AvgIpc) is 1.69. The maximum atomic E-state index is 9.66. The lowest BCUT2D eigenvalue weighted by atomic mass is 11.3. The third kappa shape index (κ3) is 2.20. The Hall–Kier alpha value is -0.190. The molecule has 0 saturated carbocycles. The zero-order valence-electron chi connectivity index (χ0n) is 3.94.